The van der Waals surface area contributed by atoms with Crippen LogP contribution < -0.4 is 10.1 Å². The summed E-state index contributed by atoms with van der Waals surface area (Å²) in [5.41, 5.74) is 0.549. The van der Waals surface area contributed by atoms with Gasteiger partial charge in [0.25, 0.3) is 5.91 Å². The van der Waals surface area contributed by atoms with Gasteiger partial charge in [0, 0.05) is 18.0 Å². The molecule has 9 nitrogen and oxygen atoms in total. The number of aromatic nitrogens is 5. The number of carbonyl (C=O) groups excluding carboxylic acids is 1. The molecule has 3 aromatic rings. The highest BCUT2D eigenvalue weighted by molar-refractivity contribution is 5.94. The molecule has 4 rings (SSSR count). The Morgan fingerprint density at radius 2 is 2.15 bits per heavy atom. The lowest BCUT2D eigenvalue weighted by Crippen LogP contribution is -2.24. The summed E-state index contributed by atoms with van der Waals surface area (Å²) in [5, 5.41) is 14.7. The van der Waals surface area contributed by atoms with Crippen LogP contribution in [0.1, 0.15) is 53.7 Å². The fraction of sp³-hybridized carbons (Fsp3) is 0.389. The number of benzene rings is 1. The Morgan fingerprint density at radius 3 is 2.85 bits per heavy atom. The molecule has 0 bridgehead atoms. The largest absolute Gasteiger partial charge is 0.485 e. The first-order chi connectivity index (χ1) is 13.2. The Hall–Kier alpha value is -3.23. The van der Waals surface area contributed by atoms with Gasteiger partial charge in [-0.1, -0.05) is 12.1 Å². The van der Waals surface area contributed by atoms with Crippen LogP contribution in [-0.4, -0.2) is 30.8 Å². The van der Waals surface area contributed by atoms with E-state index in [2.05, 4.69) is 25.7 Å². The molecular formula is C18H20N6O3. The van der Waals surface area contributed by atoms with Gasteiger partial charge in [0.05, 0.1) is 6.54 Å². The first kappa shape index (κ1) is 17.2. The lowest BCUT2D eigenvalue weighted by atomic mass is 10.2. The lowest BCUT2D eigenvalue weighted by Gasteiger charge is -2.08. The fourth-order valence-corrected chi connectivity index (χ4v) is 2.65. The van der Waals surface area contributed by atoms with Crippen LogP contribution in [0.15, 0.2) is 35.1 Å². The quantitative estimate of drug-likeness (QED) is 0.648. The van der Waals surface area contributed by atoms with Gasteiger partial charge in [-0.25, -0.2) is 0 Å². The number of amides is 1. The average Bonchev–Trinajstić information content (AvgIpc) is 3.26. The molecule has 1 aliphatic carbocycles. The molecule has 140 valence electrons. The highest BCUT2D eigenvalue weighted by Crippen LogP contribution is 2.35. The van der Waals surface area contributed by atoms with E-state index in [-0.39, 0.29) is 12.5 Å². The summed E-state index contributed by atoms with van der Waals surface area (Å²) in [7, 11) is 0. The minimum absolute atomic E-state index is 0.169. The van der Waals surface area contributed by atoms with Gasteiger partial charge in [0.15, 0.2) is 12.4 Å². The zero-order chi connectivity index (χ0) is 18.6. The van der Waals surface area contributed by atoms with E-state index in [1.54, 1.807) is 30.6 Å². The van der Waals surface area contributed by atoms with E-state index in [4.69, 9.17) is 9.26 Å². The second-order valence-corrected chi connectivity index (χ2v) is 6.34. The van der Waals surface area contributed by atoms with Gasteiger partial charge < -0.3 is 19.1 Å². The van der Waals surface area contributed by atoms with Crippen LogP contribution >= 0.6 is 0 Å². The number of nitrogens with one attached hydrogen (secondary N) is 1. The second-order valence-electron chi connectivity index (χ2n) is 6.34. The number of rotatable bonds is 8. The molecule has 1 N–H and O–H groups in total. The molecular weight excluding hydrogens is 348 g/mol. The molecule has 1 saturated carbocycles. The van der Waals surface area contributed by atoms with Gasteiger partial charge in [-0.3, -0.25) is 4.79 Å². The van der Waals surface area contributed by atoms with E-state index in [1.165, 1.54) is 0 Å². The second kappa shape index (κ2) is 7.56. The predicted molar refractivity (Wildman–Crippen MR) is 93.9 cm³/mol. The van der Waals surface area contributed by atoms with Crippen LogP contribution in [0, 0.1) is 0 Å². The van der Waals surface area contributed by atoms with Gasteiger partial charge in [0.2, 0.25) is 11.7 Å². The minimum Gasteiger partial charge on any atom is -0.485 e. The number of hydrogen-bond acceptors (Lipinski definition) is 7. The zero-order valence-corrected chi connectivity index (χ0v) is 15.0. The SMILES string of the molecule is CCc1nc(COc2ccc(C(=O)NCc3nncn3C3CC3)cc2)no1. The lowest BCUT2D eigenvalue weighted by molar-refractivity contribution is 0.0949. The van der Waals surface area contributed by atoms with Crippen molar-refractivity contribution in [3.05, 3.63) is 53.7 Å². The van der Waals surface area contributed by atoms with Gasteiger partial charge in [-0.05, 0) is 37.1 Å². The first-order valence-electron chi connectivity index (χ1n) is 8.94. The molecule has 1 amide bonds. The van der Waals surface area contributed by atoms with Gasteiger partial charge in [0.1, 0.15) is 12.1 Å². The van der Waals surface area contributed by atoms with Crippen LogP contribution in [-0.2, 0) is 19.6 Å². The van der Waals surface area contributed by atoms with Crippen molar-refractivity contribution in [2.45, 2.75) is 45.4 Å². The predicted octanol–water partition coefficient (Wildman–Crippen LogP) is 2.07. The zero-order valence-electron chi connectivity index (χ0n) is 15.0. The molecule has 2 aromatic heterocycles. The highest BCUT2D eigenvalue weighted by Gasteiger charge is 2.26. The Labute approximate surface area is 155 Å². The molecule has 27 heavy (non-hydrogen) atoms. The van der Waals surface area contributed by atoms with Crippen LogP contribution in [0.25, 0.3) is 0 Å². The molecule has 2 heterocycles. The normalized spacial score (nSPS) is 13.5. The third kappa shape index (κ3) is 4.13. The van der Waals surface area contributed by atoms with E-state index in [0.29, 0.717) is 42.0 Å². The van der Waals surface area contributed by atoms with Crippen LogP contribution in [0.3, 0.4) is 0 Å². The first-order valence-corrected chi connectivity index (χ1v) is 8.94. The number of hydrogen-bond donors (Lipinski definition) is 1. The molecule has 0 saturated heterocycles. The van der Waals surface area contributed by atoms with Crippen molar-refractivity contribution in [3.8, 4) is 5.75 Å². The molecule has 1 fully saturated rings. The van der Waals surface area contributed by atoms with Gasteiger partial charge in [-0.2, -0.15) is 4.98 Å². The van der Waals surface area contributed by atoms with E-state index in [1.807, 2.05) is 11.5 Å². The summed E-state index contributed by atoms with van der Waals surface area (Å²) < 4.78 is 12.7. The third-order valence-corrected chi connectivity index (χ3v) is 4.29. The number of aryl methyl sites for hydroxylation is 1. The molecule has 0 spiro atoms. The molecule has 9 heteroatoms. The molecule has 1 aromatic carbocycles. The molecule has 0 aliphatic heterocycles. The maximum Gasteiger partial charge on any atom is 0.251 e. The summed E-state index contributed by atoms with van der Waals surface area (Å²) in [6.07, 6.45) is 4.69. The van der Waals surface area contributed by atoms with E-state index in [0.717, 1.165) is 18.7 Å². The van der Waals surface area contributed by atoms with Crippen molar-refractivity contribution in [1.82, 2.24) is 30.2 Å². The molecule has 0 atom stereocenters. The smallest absolute Gasteiger partial charge is 0.251 e. The topological polar surface area (TPSA) is 108 Å². The Morgan fingerprint density at radius 1 is 1.33 bits per heavy atom. The van der Waals surface area contributed by atoms with Gasteiger partial charge >= 0.3 is 0 Å². The summed E-state index contributed by atoms with van der Waals surface area (Å²) in [4.78, 5) is 16.5. The highest BCUT2D eigenvalue weighted by atomic mass is 16.5. The molecule has 0 unspecified atom stereocenters. The Kier molecular flexibility index (Phi) is 4.82. The van der Waals surface area contributed by atoms with Crippen molar-refractivity contribution < 1.29 is 14.1 Å². The summed E-state index contributed by atoms with van der Waals surface area (Å²) in [6.45, 7) is 2.51. The van der Waals surface area contributed by atoms with E-state index in [9.17, 15) is 4.79 Å². The summed E-state index contributed by atoms with van der Waals surface area (Å²) in [5.74, 6) is 2.31. The van der Waals surface area contributed by atoms with Crippen molar-refractivity contribution in [1.29, 1.82) is 0 Å². The van der Waals surface area contributed by atoms with Gasteiger partial charge in [-0.15, -0.1) is 10.2 Å². The van der Waals surface area contributed by atoms with Crippen LogP contribution in [0.4, 0.5) is 0 Å². The van der Waals surface area contributed by atoms with Crippen LogP contribution in [0.2, 0.25) is 0 Å². The van der Waals surface area contributed by atoms with E-state index < -0.39 is 0 Å². The standard InChI is InChI=1S/C18H20N6O3/c1-2-17-21-15(23-27-17)10-26-14-7-3-12(4-8-14)18(25)19-9-16-22-20-11-24(16)13-5-6-13/h3-4,7-8,11,13H,2,5-6,9-10H2,1H3,(H,19,25). The maximum absolute atomic E-state index is 12.3. The number of nitrogens with zero attached hydrogens (tertiary/aromatic N) is 5. The monoisotopic (exact) mass is 368 g/mol. The molecule has 0 radical (unpaired) electrons. The van der Waals surface area contributed by atoms with Crippen LogP contribution in [0.5, 0.6) is 5.75 Å². The van der Waals surface area contributed by atoms with E-state index >= 15 is 0 Å². The third-order valence-electron chi connectivity index (χ3n) is 4.29. The summed E-state index contributed by atoms with van der Waals surface area (Å²) >= 11 is 0. The number of carbonyl (C=O) groups is 1. The fourth-order valence-electron chi connectivity index (χ4n) is 2.65. The van der Waals surface area contributed by atoms with Crippen molar-refractivity contribution in [2.75, 3.05) is 0 Å². The van der Waals surface area contributed by atoms with Crippen molar-refractivity contribution >= 4 is 5.91 Å². The Bertz CT molecular complexity index is 913. The summed E-state index contributed by atoms with van der Waals surface area (Å²) in [6, 6.07) is 7.38. The Balaban J connectivity index is 1.29. The molecule has 1 aliphatic rings. The minimum atomic E-state index is -0.169. The van der Waals surface area contributed by atoms with Crippen molar-refractivity contribution in [3.63, 3.8) is 0 Å². The average molecular weight is 368 g/mol. The number of ether oxygens (including phenoxy) is 1. The maximum atomic E-state index is 12.3. The van der Waals surface area contributed by atoms with Crippen molar-refractivity contribution in [2.24, 2.45) is 0 Å².